The lowest BCUT2D eigenvalue weighted by Crippen LogP contribution is -2.04. The second-order valence-corrected chi connectivity index (χ2v) is 4.22. The highest BCUT2D eigenvalue weighted by Gasteiger charge is 2.12. The highest BCUT2D eigenvalue weighted by Crippen LogP contribution is 2.30. The predicted molar refractivity (Wildman–Crippen MR) is 72.8 cm³/mol. The van der Waals surface area contributed by atoms with Crippen LogP contribution >= 0.6 is 0 Å². The van der Waals surface area contributed by atoms with Crippen molar-refractivity contribution >= 4 is 0 Å². The highest BCUT2D eigenvalue weighted by atomic mass is 19.1. The summed E-state index contributed by atoms with van der Waals surface area (Å²) in [5.74, 6) is 0.836. The Kier molecular flexibility index (Phi) is 4.40. The summed E-state index contributed by atoms with van der Waals surface area (Å²) in [6.07, 6.45) is 1.59. The van der Waals surface area contributed by atoms with Crippen LogP contribution in [0.25, 0.3) is 0 Å². The van der Waals surface area contributed by atoms with Crippen LogP contribution in [0.2, 0.25) is 0 Å². The number of hydrogen-bond donors (Lipinski definition) is 0. The van der Waals surface area contributed by atoms with Gasteiger partial charge in [-0.3, -0.25) is 4.98 Å². The Bertz CT molecular complexity index is 602. The Morgan fingerprint density at radius 3 is 2.60 bits per heavy atom. The zero-order valence-corrected chi connectivity index (χ0v) is 11.6. The van der Waals surface area contributed by atoms with Crippen molar-refractivity contribution in [3.05, 3.63) is 47.5 Å². The largest absolute Gasteiger partial charge is 0.493 e. The molecule has 1 aromatic heterocycles. The van der Waals surface area contributed by atoms with Crippen molar-refractivity contribution in [1.29, 1.82) is 0 Å². The van der Waals surface area contributed by atoms with Crippen LogP contribution in [-0.4, -0.2) is 19.2 Å². The molecule has 2 rings (SSSR count). The molecule has 0 saturated carbocycles. The van der Waals surface area contributed by atoms with Gasteiger partial charge in [-0.2, -0.15) is 0 Å². The van der Waals surface area contributed by atoms with Gasteiger partial charge in [-0.1, -0.05) is 6.07 Å². The van der Waals surface area contributed by atoms with Crippen LogP contribution in [0, 0.1) is 12.7 Å². The van der Waals surface area contributed by atoms with Gasteiger partial charge < -0.3 is 14.2 Å². The Hall–Kier alpha value is -2.30. The van der Waals surface area contributed by atoms with Crippen molar-refractivity contribution in [1.82, 2.24) is 4.98 Å². The first-order valence-electron chi connectivity index (χ1n) is 6.10. The number of pyridine rings is 1. The fourth-order valence-corrected chi connectivity index (χ4v) is 1.82. The second-order valence-electron chi connectivity index (χ2n) is 4.22. The maximum atomic E-state index is 13.6. The number of nitrogens with zero attached hydrogens (tertiary/aromatic N) is 1. The van der Waals surface area contributed by atoms with E-state index in [1.807, 2.05) is 6.92 Å². The van der Waals surface area contributed by atoms with Crippen LogP contribution < -0.4 is 14.2 Å². The molecule has 0 aliphatic rings. The summed E-state index contributed by atoms with van der Waals surface area (Å²) in [6, 6.07) is 6.39. The number of hydrogen-bond acceptors (Lipinski definition) is 4. The van der Waals surface area contributed by atoms with Gasteiger partial charge in [0.05, 0.1) is 14.2 Å². The minimum atomic E-state index is -0.405. The van der Waals surface area contributed by atoms with E-state index in [1.165, 1.54) is 13.2 Å². The average molecular weight is 277 g/mol. The fraction of sp³-hybridized carbons (Fsp3) is 0.267. The Labute approximate surface area is 117 Å². The summed E-state index contributed by atoms with van der Waals surface area (Å²) < 4.78 is 29.5. The van der Waals surface area contributed by atoms with Gasteiger partial charge in [0.1, 0.15) is 12.3 Å². The maximum Gasteiger partial charge on any atom is 0.185 e. The molecule has 0 amide bonds. The third-order valence-electron chi connectivity index (χ3n) is 2.82. The molecule has 5 heteroatoms. The molecule has 1 aromatic carbocycles. The van der Waals surface area contributed by atoms with Gasteiger partial charge in [0.25, 0.3) is 0 Å². The molecule has 0 radical (unpaired) electrons. The molecule has 0 aliphatic heterocycles. The normalized spacial score (nSPS) is 10.2. The van der Waals surface area contributed by atoms with Gasteiger partial charge >= 0.3 is 0 Å². The summed E-state index contributed by atoms with van der Waals surface area (Å²) in [5, 5.41) is 0. The quantitative estimate of drug-likeness (QED) is 0.842. The average Bonchev–Trinajstić information content (AvgIpc) is 2.47. The van der Waals surface area contributed by atoms with Crippen LogP contribution in [0.15, 0.2) is 30.5 Å². The molecule has 0 fully saturated rings. The molecule has 0 N–H and O–H groups in total. The zero-order valence-electron chi connectivity index (χ0n) is 11.6. The van der Waals surface area contributed by atoms with Gasteiger partial charge in [0.2, 0.25) is 0 Å². The standard InChI is InChI=1S/C15H16FNO3/c1-10-4-5-11(16)14(8-10)20-9-12-15(19-3)13(18-2)6-7-17-12/h4-8H,9H2,1-3H3. The molecular weight excluding hydrogens is 261 g/mol. The fourth-order valence-electron chi connectivity index (χ4n) is 1.82. The van der Waals surface area contributed by atoms with Gasteiger partial charge in [-0.15, -0.1) is 0 Å². The van der Waals surface area contributed by atoms with E-state index in [-0.39, 0.29) is 12.4 Å². The first-order chi connectivity index (χ1) is 9.65. The summed E-state index contributed by atoms with van der Waals surface area (Å²) in [5.41, 5.74) is 1.47. The van der Waals surface area contributed by atoms with E-state index in [9.17, 15) is 4.39 Å². The molecule has 2 aromatic rings. The summed E-state index contributed by atoms with van der Waals surface area (Å²) in [7, 11) is 3.07. The minimum Gasteiger partial charge on any atom is -0.493 e. The number of aryl methyl sites for hydroxylation is 1. The van der Waals surface area contributed by atoms with Gasteiger partial charge in [0, 0.05) is 12.3 Å². The van der Waals surface area contributed by atoms with E-state index >= 15 is 0 Å². The molecule has 0 bridgehead atoms. The lowest BCUT2D eigenvalue weighted by molar-refractivity contribution is 0.273. The van der Waals surface area contributed by atoms with E-state index in [1.54, 1.807) is 31.5 Å². The molecule has 0 aliphatic carbocycles. The SMILES string of the molecule is COc1ccnc(COc2cc(C)ccc2F)c1OC. The van der Waals surface area contributed by atoms with E-state index in [2.05, 4.69) is 4.98 Å². The number of ether oxygens (including phenoxy) is 3. The van der Waals surface area contributed by atoms with E-state index in [4.69, 9.17) is 14.2 Å². The van der Waals surface area contributed by atoms with Gasteiger partial charge in [-0.05, 0) is 24.6 Å². The van der Waals surface area contributed by atoms with E-state index < -0.39 is 5.82 Å². The smallest absolute Gasteiger partial charge is 0.185 e. The van der Waals surface area contributed by atoms with Crippen molar-refractivity contribution in [2.24, 2.45) is 0 Å². The van der Waals surface area contributed by atoms with Gasteiger partial charge in [-0.25, -0.2) is 4.39 Å². The molecule has 106 valence electrons. The molecule has 20 heavy (non-hydrogen) atoms. The second kappa shape index (κ2) is 6.23. The summed E-state index contributed by atoms with van der Waals surface area (Å²) >= 11 is 0. The highest BCUT2D eigenvalue weighted by molar-refractivity contribution is 5.42. The number of aromatic nitrogens is 1. The lowest BCUT2D eigenvalue weighted by atomic mass is 10.2. The summed E-state index contributed by atoms with van der Waals surface area (Å²) in [4.78, 5) is 4.17. The van der Waals surface area contributed by atoms with Crippen LogP contribution in [-0.2, 0) is 6.61 Å². The maximum absolute atomic E-state index is 13.6. The minimum absolute atomic E-state index is 0.0980. The summed E-state index contributed by atoms with van der Waals surface area (Å²) in [6.45, 7) is 1.97. The molecule has 4 nitrogen and oxygen atoms in total. The molecule has 1 heterocycles. The van der Waals surface area contributed by atoms with Crippen LogP contribution in [0.1, 0.15) is 11.3 Å². The molecular formula is C15H16FNO3. The third kappa shape index (κ3) is 2.99. The number of rotatable bonds is 5. The van der Waals surface area contributed by atoms with Crippen LogP contribution in [0.3, 0.4) is 0 Å². The van der Waals surface area contributed by atoms with Crippen molar-refractivity contribution in [3.63, 3.8) is 0 Å². The van der Waals surface area contributed by atoms with Crippen LogP contribution in [0.4, 0.5) is 4.39 Å². The Balaban J connectivity index is 2.20. The van der Waals surface area contributed by atoms with E-state index in [0.717, 1.165) is 5.56 Å². The van der Waals surface area contributed by atoms with Crippen molar-refractivity contribution in [3.8, 4) is 17.2 Å². The zero-order chi connectivity index (χ0) is 14.5. The van der Waals surface area contributed by atoms with Gasteiger partial charge in [0.15, 0.2) is 23.1 Å². The topological polar surface area (TPSA) is 40.6 Å². The number of benzene rings is 1. The monoisotopic (exact) mass is 277 g/mol. The van der Waals surface area contributed by atoms with Crippen molar-refractivity contribution in [2.45, 2.75) is 13.5 Å². The lowest BCUT2D eigenvalue weighted by Gasteiger charge is -2.13. The molecule has 0 spiro atoms. The Morgan fingerprint density at radius 1 is 1.10 bits per heavy atom. The Morgan fingerprint density at radius 2 is 1.90 bits per heavy atom. The van der Waals surface area contributed by atoms with E-state index in [0.29, 0.717) is 17.2 Å². The third-order valence-corrected chi connectivity index (χ3v) is 2.82. The molecule has 0 saturated heterocycles. The molecule has 0 unspecified atom stereocenters. The number of methoxy groups -OCH3 is 2. The predicted octanol–water partition coefficient (Wildman–Crippen LogP) is 3.13. The first-order valence-corrected chi connectivity index (χ1v) is 6.10. The van der Waals surface area contributed by atoms with Crippen molar-refractivity contribution in [2.75, 3.05) is 14.2 Å². The number of halogens is 1. The first kappa shape index (κ1) is 14.1. The van der Waals surface area contributed by atoms with Crippen molar-refractivity contribution < 1.29 is 18.6 Å². The molecule has 0 atom stereocenters. The van der Waals surface area contributed by atoms with Crippen LogP contribution in [0.5, 0.6) is 17.2 Å².